The van der Waals surface area contributed by atoms with Crippen LogP contribution in [0.2, 0.25) is 0 Å². The van der Waals surface area contributed by atoms with Crippen LogP contribution < -0.4 is 0 Å². The average Bonchev–Trinajstić information content (AvgIpc) is 2.40. The van der Waals surface area contributed by atoms with Crippen LogP contribution in [0.1, 0.15) is 6.92 Å². The van der Waals surface area contributed by atoms with Gasteiger partial charge in [-0.3, -0.25) is 0 Å². The monoisotopic (exact) mass is 222 g/mol. The van der Waals surface area contributed by atoms with Gasteiger partial charge >= 0.3 is 82.6 Å². The van der Waals surface area contributed by atoms with Gasteiger partial charge in [0.2, 0.25) is 0 Å². The van der Waals surface area contributed by atoms with Gasteiger partial charge in [0.25, 0.3) is 0 Å². The maximum atomic E-state index is 5.71. The fourth-order valence-electron chi connectivity index (χ4n) is 1.36. The van der Waals surface area contributed by atoms with Crippen LogP contribution in [0.15, 0.2) is 23.7 Å². The van der Waals surface area contributed by atoms with Crippen LogP contribution in [-0.2, 0) is 13.6 Å². The summed E-state index contributed by atoms with van der Waals surface area (Å²) in [6.07, 6.45) is 3.77. The Bertz CT molecular complexity index is 260. The summed E-state index contributed by atoms with van der Waals surface area (Å²) in [5.74, 6) is 0.792. The van der Waals surface area contributed by atoms with Crippen molar-refractivity contribution in [3.63, 3.8) is 0 Å². The van der Waals surface area contributed by atoms with Crippen LogP contribution in [0.25, 0.3) is 0 Å². The van der Waals surface area contributed by atoms with Crippen LogP contribution in [0.3, 0.4) is 0 Å². The molecule has 0 atom stereocenters. The molecule has 0 amide bonds. The zero-order valence-corrected chi connectivity index (χ0v) is 10.1. The van der Waals surface area contributed by atoms with Gasteiger partial charge in [-0.15, -0.1) is 0 Å². The Morgan fingerprint density at radius 2 is 2.00 bits per heavy atom. The Labute approximate surface area is 83.1 Å². The first-order valence-corrected chi connectivity index (χ1v) is 7.63. The van der Waals surface area contributed by atoms with Crippen LogP contribution >= 0.6 is 17.9 Å². The molecule has 0 unspecified atom stereocenters. The first-order valence-electron chi connectivity index (χ1n) is 3.81. The second-order valence-corrected chi connectivity index (χ2v) is 9.16. The Hall–Kier alpha value is -0.0200. The van der Waals surface area contributed by atoms with Crippen molar-refractivity contribution in [2.24, 2.45) is 0 Å². The summed E-state index contributed by atoms with van der Waals surface area (Å²) in [6.45, 7) is 2.69. The zero-order valence-electron chi connectivity index (χ0n) is 8.36. The molecule has 1 rings (SSSR count). The first-order chi connectivity index (χ1) is 6.02. The quantitative estimate of drug-likeness (QED) is 0.685. The van der Waals surface area contributed by atoms with Crippen molar-refractivity contribution < 1.29 is 13.6 Å². The van der Waals surface area contributed by atoms with Crippen molar-refractivity contribution in [2.75, 3.05) is 20.5 Å². The minimum atomic E-state index is -3.11. The third kappa shape index (κ3) is 1.33. The van der Waals surface area contributed by atoms with Gasteiger partial charge in [0.15, 0.2) is 0 Å². The van der Waals surface area contributed by atoms with E-state index in [1.165, 1.54) is 11.4 Å². The Kier molecular flexibility index (Phi) is 2.79. The van der Waals surface area contributed by atoms with Gasteiger partial charge in [-0.1, -0.05) is 0 Å². The molecule has 1 heterocycles. The molecule has 0 N–H and O–H groups in total. The Morgan fingerprint density at radius 3 is 2.15 bits per heavy atom. The van der Waals surface area contributed by atoms with Crippen molar-refractivity contribution in [3.05, 3.63) is 23.7 Å². The van der Waals surface area contributed by atoms with Gasteiger partial charge < -0.3 is 0 Å². The van der Waals surface area contributed by atoms with Crippen LogP contribution in [0, 0.1) is 0 Å². The fourth-order valence-corrected chi connectivity index (χ4v) is 6.13. The van der Waals surface area contributed by atoms with Gasteiger partial charge in [-0.25, -0.2) is 0 Å². The maximum absolute atomic E-state index is 5.71. The van der Waals surface area contributed by atoms with E-state index in [2.05, 4.69) is 6.58 Å². The molecule has 76 valence electrons. The van der Waals surface area contributed by atoms with E-state index >= 15 is 0 Å². The summed E-state index contributed by atoms with van der Waals surface area (Å²) in [7, 11) is 3.19. The summed E-state index contributed by atoms with van der Waals surface area (Å²) in [5.41, 5.74) is 0. The number of hydrogen-bond acceptors (Lipinski definition) is 4. The summed E-state index contributed by atoms with van der Waals surface area (Å²) < 4.78 is 16.6. The predicted molar refractivity (Wildman–Crippen MR) is 58.4 cm³/mol. The summed E-state index contributed by atoms with van der Waals surface area (Å²) in [5, 5.41) is 0.793. The topological polar surface area (TPSA) is 27.7 Å². The van der Waals surface area contributed by atoms with E-state index in [4.69, 9.17) is 13.6 Å². The molecule has 0 aromatic rings. The molecule has 0 saturated heterocycles. The number of rotatable bonds is 3. The van der Waals surface area contributed by atoms with Crippen molar-refractivity contribution in [1.29, 1.82) is 0 Å². The molecular formula is C8H15O3PS. The molecule has 1 aliphatic rings. The van der Waals surface area contributed by atoms with E-state index in [0.717, 1.165) is 11.1 Å². The molecule has 3 nitrogen and oxygen atoms in total. The molecule has 1 aliphatic heterocycles. The van der Waals surface area contributed by atoms with Crippen LogP contribution in [0.5, 0.6) is 0 Å². The summed E-state index contributed by atoms with van der Waals surface area (Å²) in [6, 6.07) is 0. The minimum absolute atomic E-state index is 0.792. The van der Waals surface area contributed by atoms with E-state index in [0.29, 0.717) is 0 Å². The SMILES string of the molecule is C=C1C=C(C)OP1(OC)(OC)SC. The molecule has 0 aromatic carbocycles. The standard InChI is InChI=1S/C8H15O3PS/c1-7-6-8(2)12(9-3,10-4,11-7)13-5/h6H,2H2,1,3-5H3. The van der Waals surface area contributed by atoms with E-state index in [1.54, 1.807) is 14.2 Å². The van der Waals surface area contributed by atoms with Crippen LogP contribution in [0.4, 0.5) is 0 Å². The van der Waals surface area contributed by atoms with Gasteiger partial charge in [0.05, 0.1) is 0 Å². The molecule has 13 heavy (non-hydrogen) atoms. The molecule has 0 radical (unpaired) electrons. The molecule has 0 saturated carbocycles. The molecule has 0 fully saturated rings. The third-order valence-corrected chi connectivity index (χ3v) is 9.36. The van der Waals surface area contributed by atoms with Crippen molar-refractivity contribution in [3.8, 4) is 0 Å². The van der Waals surface area contributed by atoms with E-state index in [9.17, 15) is 0 Å². The van der Waals surface area contributed by atoms with Gasteiger partial charge in [-0.05, 0) is 0 Å². The normalized spacial score (nSPS) is 27.2. The fraction of sp³-hybridized carbons (Fsp3) is 0.500. The molecular weight excluding hydrogens is 207 g/mol. The Morgan fingerprint density at radius 1 is 1.46 bits per heavy atom. The molecule has 0 spiro atoms. The molecule has 0 aromatic heterocycles. The Balaban J connectivity index is 3.16. The van der Waals surface area contributed by atoms with Crippen molar-refractivity contribution >= 4 is 17.9 Å². The summed E-state index contributed by atoms with van der Waals surface area (Å²) >= 11 is 1.45. The first kappa shape index (κ1) is 11.1. The zero-order chi connectivity index (χ0) is 10.1. The molecule has 0 aliphatic carbocycles. The number of hydrogen-bond donors (Lipinski definition) is 0. The summed E-state index contributed by atoms with van der Waals surface area (Å²) in [4.78, 5) is 0. The third-order valence-electron chi connectivity index (χ3n) is 2.09. The van der Waals surface area contributed by atoms with Gasteiger partial charge in [0, 0.05) is 0 Å². The average molecular weight is 222 g/mol. The van der Waals surface area contributed by atoms with Crippen molar-refractivity contribution in [2.45, 2.75) is 6.92 Å². The predicted octanol–water partition coefficient (Wildman–Crippen LogP) is 3.30. The molecule has 5 heteroatoms. The molecule has 0 bridgehead atoms. The van der Waals surface area contributed by atoms with E-state index in [1.807, 2.05) is 19.3 Å². The van der Waals surface area contributed by atoms with Crippen molar-refractivity contribution in [1.82, 2.24) is 0 Å². The van der Waals surface area contributed by atoms with E-state index < -0.39 is 6.49 Å². The second kappa shape index (κ2) is 3.28. The van der Waals surface area contributed by atoms with E-state index in [-0.39, 0.29) is 0 Å². The second-order valence-electron chi connectivity index (χ2n) is 2.70. The van der Waals surface area contributed by atoms with Gasteiger partial charge in [-0.2, -0.15) is 0 Å². The van der Waals surface area contributed by atoms with Gasteiger partial charge in [0.1, 0.15) is 0 Å². The number of allylic oxidation sites excluding steroid dienone is 3. The van der Waals surface area contributed by atoms with Crippen LogP contribution in [-0.4, -0.2) is 20.5 Å².